The zero-order chi connectivity index (χ0) is 18.4. The minimum Gasteiger partial charge on any atom is -0.338 e. The van der Waals surface area contributed by atoms with Crippen molar-refractivity contribution >= 4 is 5.91 Å². The molecule has 0 N–H and O–H groups in total. The molecule has 0 spiro atoms. The van der Waals surface area contributed by atoms with Gasteiger partial charge in [0.25, 0.3) is 0 Å². The van der Waals surface area contributed by atoms with Crippen molar-refractivity contribution in [1.82, 2.24) is 14.8 Å². The second-order valence-corrected chi connectivity index (χ2v) is 6.87. The van der Waals surface area contributed by atoms with Crippen LogP contribution in [0.5, 0.6) is 0 Å². The Morgan fingerprint density at radius 2 is 1.96 bits per heavy atom. The van der Waals surface area contributed by atoms with E-state index in [0.29, 0.717) is 25.6 Å². The summed E-state index contributed by atoms with van der Waals surface area (Å²) < 4.78 is 13.4. The first-order chi connectivity index (χ1) is 12.7. The summed E-state index contributed by atoms with van der Waals surface area (Å²) in [5.74, 6) is 0.405. The average molecular weight is 355 g/mol. The summed E-state index contributed by atoms with van der Waals surface area (Å²) in [5, 5.41) is 0. The van der Waals surface area contributed by atoms with Gasteiger partial charge in [-0.1, -0.05) is 12.1 Å². The molecule has 26 heavy (non-hydrogen) atoms. The highest BCUT2D eigenvalue weighted by Gasteiger charge is 2.23. The van der Waals surface area contributed by atoms with Gasteiger partial charge in [0.2, 0.25) is 5.91 Å². The Kier molecular flexibility index (Phi) is 6.34. The fourth-order valence-corrected chi connectivity index (χ4v) is 3.58. The number of likely N-dealkylation sites (N-methyl/N-ethyl adjacent to an activating group) is 1. The molecule has 1 fully saturated rings. The van der Waals surface area contributed by atoms with Gasteiger partial charge < -0.3 is 4.90 Å². The standard InChI is InChI=1S/C21H26FN3O/c1-2-25(15-17-4-3-5-20(22)14-17)21(26)16-24-12-8-19(9-13-24)18-6-10-23-11-7-18/h3-7,10-11,14,19H,2,8-9,12-13,15-16H2,1H3. The van der Waals surface area contributed by atoms with Crippen LogP contribution in [0.15, 0.2) is 48.8 Å². The summed E-state index contributed by atoms with van der Waals surface area (Å²) in [5.41, 5.74) is 2.17. The molecule has 1 aliphatic heterocycles. The van der Waals surface area contributed by atoms with Gasteiger partial charge in [-0.15, -0.1) is 0 Å². The zero-order valence-electron chi connectivity index (χ0n) is 15.3. The summed E-state index contributed by atoms with van der Waals surface area (Å²) in [6, 6.07) is 10.6. The molecule has 1 amide bonds. The van der Waals surface area contributed by atoms with E-state index in [0.717, 1.165) is 31.5 Å². The van der Waals surface area contributed by atoms with Crippen molar-refractivity contribution in [3.8, 4) is 0 Å². The minimum atomic E-state index is -0.260. The molecule has 0 radical (unpaired) electrons. The average Bonchev–Trinajstić information content (AvgIpc) is 2.67. The molecule has 1 saturated heterocycles. The molecule has 2 aromatic rings. The molecule has 138 valence electrons. The largest absolute Gasteiger partial charge is 0.338 e. The number of benzene rings is 1. The Balaban J connectivity index is 1.51. The van der Waals surface area contributed by atoms with Crippen LogP contribution in [-0.4, -0.2) is 46.9 Å². The lowest BCUT2D eigenvalue weighted by Crippen LogP contribution is -2.42. The first-order valence-electron chi connectivity index (χ1n) is 9.30. The fraction of sp³-hybridized carbons (Fsp3) is 0.429. The maximum atomic E-state index is 13.4. The van der Waals surface area contributed by atoms with E-state index in [9.17, 15) is 9.18 Å². The summed E-state index contributed by atoms with van der Waals surface area (Å²) in [4.78, 5) is 20.8. The van der Waals surface area contributed by atoms with Crippen molar-refractivity contribution in [3.63, 3.8) is 0 Å². The minimum absolute atomic E-state index is 0.110. The summed E-state index contributed by atoms with van der Waals surface area (Å²) in [7, 11) is 0. The normalized spacial score (nSPS) is 15.8. The maximum Gasteiger partial charge on any atom is 0.237 e. The summed E-state index contributed by atoms with van der Waals surface area (Å²) in [6.45, 7) is 5.34. The Bertz CT molecular complexity index is 714. The van der Waals surface area contributed by atoms with Crippen LogP contribution in [0.4, 0.5) is 4.39 Å². The Morgan fingerprint density at radius 3 is 2.62 bits per heavy atom. The number of carbonyl (C=O) groups excluding carboxylic acids is 1. The number of pyridine rings is 1. The van der Waals surface area contributed by atoms with Crippen LogP contribution >= 0.6 is 0 Å². The number of carbonyl (C=O) groups is 1. The second-order valence-electron chi connectivity index (χ2n) is 6.87. The van der Waals surface area contributed by atoms with Gasteiger partial charge in [-0.05, 0) is 74.2 Å². The first kappa shape index (κ1) is 18.5. The zero-order valence-corrected chi connectivity index (χ0v) is 15.3. The Labute approximate surface area is 154 Å². The third-order valence-corrected chi connectivity index (χ3v) is 5.12. The van der Waals surface area contributed by atoms with Gasteiger partial charge in [0, 0.05) is 25.5 Å². The number of likely N-dealkylation sites (tertiary alicyclic amines) is 1. The number of halogens is 1. The van der Waals surface area contributed by atoms with Crippen LogP contribution in [0.2, 0.25) is 0 Å². The second kappa shape index (κ2) is 8.90. The van der Waals surface area contributed by atoms with Gasteiger partial charge >= 0.3 is 0 Å². The van der Waals surface area contributed by atoms with Crippen LogP contribution in [0.3, 0.4) is 0 Å². The van der Waals surface area contributed by atoms with E-state index in [4.69, 9.17) is 0 Å². The number of piperidine rings is 1. The number of rotatable bonds is 6. The molecule has 1 aromatic carbocycles. The van der Waals surface area contributed by atoms with E-state index in [1.807, 2.05) is 25.4 Å². The molecule has 0 atom stereocenters. The van der Waals surface area contributed by atoms with Crippen LogP contribution in [0, 0.1) is 5.82 Å². The van der Waals surface area contributed by atoms with Crippen molar-refractivity contribution in [2.75, 3.05) is 26.2 Å². The lowest BCUT2D eigenvalue weighted by atomic mass is 9.90. The Morgan fingerprint density at radius 1 is 1.23 bits per heavy atom. The third-order valence-electron chi connectivity index (χ3n) is 5.12. The number of aromatic nitrogens is 1. The van der Waals surface area contributed by atoms with Crippen LogP contribution in [0.25, 0.3) is 0 Å². The number of hydrogen-bond acceptors (Lipinski definition) is 3. The lowest BCUT2D eigenvalue weighted by molar-refractivity contribution is -0.133. The molecule has 0 saturated carbocycles. The predicted molar refractivity (Wildman–Crippen MR) is 100 cm³/mol. The van der Waals surface area contributed by atoms with Crippen LogP contribution in [-0.2, 0) is 11.3 Å². The molecule has 1 aromatic heterocycles. The molecule has 5 heteroatoms. The van der Waals surface area contributed by atoms with E-state index < -0.39 is 0 Å². The quantitative estimate of drug-likeness (QED) is 0.796. The van der Waals surface area contributed by atoms with Gasteiger partial charge in [-0.25, -0.2) is 4.39 Å². The van der Waals surface area contributed by atoms with Crippen LogP contribution in [0.1, 0.15) is 36.8 Å². The fourth-order valence-electron chi connectivity index (χ4n) is 3.58. The van der Waals surface area contributed by atoms with E-state index >= 15 is 0 Å². The number of amides is 1. The summed E-state index contributed by atoms with van der Waals surface area (Å²) >= 11 is 0. The van der Waals surface area contributed by atoms with Crippen LogP contribution < -0.4 is 0 Å². The molecular formula is C21H26FN3O. The molecule has 0 bridgehead atoms. The van der Waals surface area contributed by atoms with Gasteiger partial charge in [0.1, 0.15) is 5.82 Å². The van der Waals surface area contributed by atoms with E-state index in [1.54, 1.807) is 11.0 Å². The monoisotopic (exact) mass is 355 g/mol. The highest BCUT2D eigenvalue weighted by atomic mass is 19.1. The smallest absolute Gasteiger partial charge is 0.237 e. The van der Waals surface area contributed by atoms with Crippen molar-refractivity contribution in [2.24, 2.45) is 0 Å². The topological polar surface area (TPSA) is 36.4 Å². The lowest BCUT2D eigenvalue weighted by Gasteiger charge is -2.33. The van der Waals surface area contributed by atoms with Gasteiger partial charge in [0.05, 0.1) is 6.54 Å². The van der Waals surface area contributed by atoms with E-state index in [2.05, 4.69) is 22.0 Å². The van der Waals surface area contributed by atoms with Gasteiger partial charge in [-0.2, -0.15) is 0 Å². The molecule has 3 rings (SSSR count). The molecule has 0 unspecified atom stereocenters. The Hall–Kier alpha value is -2.27. The van der Waals surface area contributed by atoms with E-state index in [1.165, 1.54) is 17.7 Å². The molecular weight excluding hydrogens is 329 g/mol. The van der Waals surface area contributed by atoms with Crippen molar-refractivity contribution < 1.29 is 9.18 Å². The maximum absolute atomic E-state index is 13.4. The first-order valence-corrected chi connectivity index (χ1v) is 9.30. The van der Waals surface area contributed by atoms with Crippen molar-refractivity contribution in [2.45, 2.75) is 32.2 Å². The molecule has 4 nitrogen and oxygen atoms in total. The highest BCUT2D eigenvalue weighted by Crippen LogP contribution is 2.27. The third kappa shape index (κ3) is 4.88. The number of nitrogens with zero attached hydrogens (tertiary/aromatic N) is 3. The van der Waals surface area contributed by atoms with E-state index in [-0.39, 0.29) is 11.7 Å². The van der Waals surface area contributed by atoms with Gasteiger partial charge in [0.15, 0.2) is 0 Å². The molecule has 1 aliphatic rings. The SMILES string of the molecule is CCN(Cc1cccc(F)c1)C(=O)CN1CCC(c2ccncc2)CC1. The molecule has 2 heterocycles. The number of hydrogen-bond donors (Lipinski definition) is 0. The molecule has 0 aliphatic carbocycles. The van der Waals surface area contributed by atoms with Gasteiger partial charge in [-0.3, -0.25) is 14.7 Å². The summed E-state index contributed by atoms with van der Waals surface area (Å²) in [6.07, 6.45) is 5.81. The van der Waals surface area contributed by atoms with Crippen molar-refractivity contribution in [3.05, 3.63) is 65.7 Å². The van der Waals surface area contributed by atoms with Crippen molar-refractivity contribution in [1.29, 1.82) is 0 Å². The highest BCUT2D eigenvalue weighted by molar-refractivity contribution is 5.78. The predicted octanol–water partition coefficient (Wildman–Crippen LogP) is 3.45.